The highest BCUT2D eigenvalue weighted by Crippen LogP contribution is 2.34. The average molecular weight is 443 g/mol. The van der Waals surface area contributed by atoms with Crippen LogP contribution in [0, 0.1) is 11.8 Å². The Morgan fingerprint density at radius 2 is 1.55 bits per heavy atom. The normalized spacial score (nSPS) is 18.8. The van der Waals surface area contributed by atoms with Crippen LogP contribution in [-0.4, -0.2) is 16.6 Å². The molecule has 0 aliphatic heterocycles. The van der Waals surface area contributed by atoms with Gasteiger partial charge < -0.3 is 4.74 Å². The Balaban J connectivity index is 1.45. The molecule has 1 aromatic carbocycles. The molecule has 0 spiro atoms. The lowest BCUT2D eigenvalue weighted by molar-refractivity contribution is 0.248. The Bertz CT molecular complexity index is 769. The second-order valence-corrected chi connectivity index (χ2v) is 9.56. The number of hydrogen-bond donors (Lipinski definition) is 0. The van der Waals surface area contributed by atoms with E-state index in [9.17, 15) is 0 Å². The second kappa shape index (κ2) is 13.1. The Hall–Kier alpha value is -1.61. The number of rotatable bonds is 12. The summed E-state index contributed by atoms with van der Waals surface area (Å²) in [6, 6.07) is 5.92. The molecule has 1 aliphatic carbocycles. The molecule has 0 saturated heterocycles. The summed E-state index contributed by atoms with van der Waals surface area (Å²) in [5.41, 5.74) is 2.03. The number of nitrogens with zero attached hydrogens (tertiary/aromatic N) is 2. The third-order valence-electron chi connectivity index (χ3n) is 6.68. The molecule has 0 bridgehead atoms. The van der Waals surface area contributed by atoms with E-state index in [0.29, 0.717) is 11.6 Å². The second-order valence-electron chi connectivity index (χ2n) is 9.16. The van der Waals surface area contributed by atoms with Gasteiger partial charge in [-0.2, -0.15) is 0 Å². The van der Waals surface area contributed by atoms with Crippen molar-refractivity contribution in [2.75, 3.05) is 6.61 Å². The fourth-order valence-corrected chi connectivity index (χ4v) is 4.82. The van der Waals surface area contributed by atoms with Gasteiger partial charge in [0.15, 0.2) is 0 Å². The highest BCUT2D eigenvalue weighted by atomic mass is 35.5. The molecule has 1 aliphatic rings. The predicted molar refractivity (Wildman–Crippen MR) is 131 cm³/mol. The molecule has 4 heteroatoms. The van der Waals surface area contributed by atoms with Crippen molar-refractivity contribution in [2.24, 2.45) is 11.8 Å². The zero-order valence-corrected chi connectivity index (χ0v) is 20.2. The van der Waals surface area contributed by atoms with Crippen LogP contribution in [0.5, 0.6) is 5.75 Å². The summed E-state index contributed by atoms with van der Waals surface area (Å²) >= 11 is 6.41. The SMILES string of the molecule is CCCCC[C@H]1CC[C@H](CCc2ncc(-c3ccc(OCCCC)c(Cl)c3)cn2)CC1. The number of ether oxygens (including phenoxy) is 1. The van der Waals surface area contributed by atoms with Crippen molar-refractivity contribution in [3.63, 3.8) is 0 Å². The van der Waals surface area contributed by atoms with Gasteiger partial charge in [-0.15, -0.1) is 0 Å². The fraction of sp³-hybridized carbons (Fsp3) is 0.630. The number of benzene rings is 1. The molecule has 3 rings (SSSR count). The molecule has 2 aromatic rings. The first-order valence-corrected chi connectivity index (χ1v) is 12.8. The Morgan fingerprint density at radius 3 is 2.19 bits per heavy atom. The summed E-state index contributed by atoms with van der Waals surface area (Å²) in [4.78, 5) is 9.26. The van der Waals surface area contributed by atoms with Crippen molar-refractivity contribution < 1.29 is 4.74 Å². The largest absolute Gasteiger partial charge is 0.492 e. The Morgan fingerprint density at radius 1 is 0.871 bits per heavy atom. The van der Waals surface area contributed by atoms with Crippen molar-refractivity contribution in [2.45, 2.75) is 90.9 Å². The molecule has 1 aromatic heterocycles. The van der Waals surface area contributed by atoms with Gasteiger partial charge in [0.05, 0.1) is 11.6 Å². The Labute approximate surface area is 194 Å². The van der Waals surface area contributed by atoms with Gasteiger partial charge in [-0.05, 0) is 42.4 Å². The third-order valence-corrected chi connectivity index (χ3v) is 6.98. The lowest BCUT2D eigenvalue weighted by Crippen LogP contribution is -2.15. The molecule has 0 atom stereocenters. The van der Waals surface area contributed by atoms with E-state index < -0.39 is 0 Å². The third kappa shape index (κ3) is 7.79. The molecular formula is C27H39ClN2O. The first-order valence-electron chi connectivity index (χ1n) is 12.4. The van der Waals surface area contributed by atoms with Crippen LogP contribution in [0.15, 0.2) is 30.6 Å². The van der Waals surface area contributed by atoms with E-state index in [4.69, 9.17) is 16.3 Å². The zero-order chi connectivity index (χ0) is 21.9. The maximum atomic E-state index is 6.41. The van der Waals surface area contributed by atoms with Gasteiger partial charge in [-0.25, -0.2) is 9.97 Å². The Kier molecular flexibility index (Phi) is 10.1. The van der Waals surface area contributed by atoms with Crippen molar-refractivity contribution in [1.82, 2.24) is 9.97 Å². The molecule has 0 amide bonds. The number of hydrogen-bond acceptors (Lipinski definition) is 3. The minimum absolute atomic E-state index is 0.642. The summed E-state index contributed by atoms with van der Waals surface area (Å²) in [6.07, 6.45) is 19.4. The standard InChI is InChI=1S/C27H39ClN2O/c1-3-5-7-8-21-9-11-22(12-10-21)13-16-27-29-19-24(20-30-27)23-14-15-26(25(28)18-23)31-17-6-4-2/h14-15,18-22H,3-13,16-17H2,1-2H3/t21-,22-. The molecule has 3 nitrogen and oxygen atoms in total. The lowest BCUT2D eigenvalue weighted by Gasteiger charge is -2.28. The maximum Gasteiger partial charge on any atom is 0.137 e. The van der Waals surface area contributed by atoms with E-state index >= 15 is 0 Å². The first-order chi connectivity index (χ1) is 15.2. The van der Waals surface area contributed by atoms with Gasteiger partial charge in [-0.3, -0.25) is 0 Å². The summed E-state index contributed by atoms with van der Waals surface area (Å²) in [5.74, 6) is 3.54. The zero-order valence-electron chi connectivity index (χ0n) is 19.4. The van der Waals surface area contributed by atoms with Crippen LogP contribution in [-0.2, 0) is 6.42 Å². The molecule has 1 fully saturated rings. The van der Waals surface area contributed by atoms with Crippen LogP contribution in [0.1, 0.15) is 90.3 Å². The van der Waals surface area contributed by atoms with E-state index in [1.807, 2.05) is 30.6 Å². The minimum atomic E-state index is 0.642. The van der Waals surface area contributed by atoms with Gasteiger partial charge in [0.2, 0.25) is 0 Å². The van der Waals surface area contributed by atoms with E-state index in [2.05, 4.69) is 23.8 Å². The van der Waals surface area contributed by atoms with Gasteiger partial charge in [0.1, 0.15) is 11.6 Å². The monoisotopic (exact) mass is 442 g/mol. The lowest BCUT2D eigenvalue weighted by atomic mass is 9.78. The predicted octanol–water partition coefficient (Wildman–Crippen LogP) is 8.30. The average Bonchev–Trinajstić information content (AvgIpc) is 2.80. The fourth-order valence-electron chi connectivity index (χ4n) is 4.58. The molecule has 1 heterocycles. The topological polar surface area (TPSA) is 35.0 Å². The van der Waals surface area contributed by atoms with Crippen LogP contribution in [0.4, 0.5) is 0 Å². The van der Waals surface area contributed by atoms with E-state index in [1.54, 1.807) is 0 Å². The molecule has 170 valence electrons. The van der Waals surface area contributed by atoms with Gasteiger partial charge in [0, 0.05) is 24.4 Å². The number of halogens is 1. The molecule has 0 unspecified atom stereocenters. The number of aromatic nitrogens is 2. The van der Waals surface area contributed by atoms with Crippen LogP contribution in [0.2, 0.25) is 5.02 Å². The quantitative estimate of drug-likeness (QED) is 0.310. The van der Waals surface area contributed by atoms with Crippen molar-refractivity contribution in [1.29, 1.82) is 0 Å². The molecular weight excluding hydrogens is 404 g/mol. The maximum absolute atomic E-state index is 6.41. The van der Waals surface area contributed by atoms with E-state index in [1.165, 1.54) is 57.8 Å². The van der Waals surface area contributed by atoms with Crippen LogP contribution >= 0.6 is 11.6 Å². The summed E-state index contributed by atoms with van der Waals surface area (Å²) in [5, 5.41) is 0.642. The molecule has 0 radical (unpaired) electrons. The summed E-state index contributed by atoms with van der Waals surface area (Å²) < 4.78 is 5.74. The highest BCUT2D eigenvalue weighted by molar-refractivity contribution is 6.32. The number of unbranched alkanes of at least 4 members (excludes halogenated alkanes) is 3. The van der Waals surface area contributed by atoms with Gasteiger partial charge in [-0.1, -0.05) is 89.3 Å². The molecule has 1 saturated carbocycles. The molecule has 0 N–H and O–H groups in total. The smallest absolute Gasteiger partial charge is 0.137 e. The van der Waals surface area contributed by atoms with Crippen molar-refractivity contribution in [3.05, 3.63) is 41.4 Å². The van der Waals surface area contributed by atoms with Gasteiger partial charge >= 0.3 is 0 Å². The highest BCUT2D eigenvalue weighted by Gasteiger charge is 2.21. The van der Waals surface area contributed by atoms with E-state index in [0.717, 1.165) is 53.8 Å². The van der Waals surface area contributed by atoms with Gasteiger partial charge in [0.25, 0.3) is 0 Å². The first kappa shape index (κ1) is 24.0. The molecule has 31 heavy (non-hydrogen) atoms. The summed E-state index contributed by atoms with van der Waals surface area (Å²) in [7, 11) is 0. The van der Waals surface area contributed by atoms with E-state index in [-0.39, 0.29) is 0 Å². The van der Waals surface area contributed by atoms with Crippen LogP contribution < -0.4 is 4.74 Å². The van der Waals surface area contributed by atoms with Crippen molar-refractivity contribution in [3.8, 4) is 16.9 Å². The minimum Gasteiger partial charge on any atom is -0.492 e. The van der Waals surface area contributed by atoms with Crippen molar-refractivity contribution >= 4 is 11.6 Å². The van der Waals surface area contributed by atoms with Crippen LogP contribution in [0.3, 0.4) is 0 Å². The van der Waals surface area contributed by atoms with Crippen LogP contribution in [0.25, 0.3) is 11.1 Å². The number of aryl methyl sites for hydroxylation is 1. The summed E-state index contributed by atoms with van der Waals surface area (Å²) in [6.45, 7) is 5.15.